The molecule has 2 N–H and O–H groups in total. The summed E-state index contributed by atoms with van der Waals surface area (Å²) < 4.78 is 0. The van der Waals surface area contributed by atoms with E-state index in [1.54, 1.807) is 11.1 Å². The van der Waals surface area contributed by atoms with E-state index in [0.717, 1.165) is 5.92 Å². The molecule has 1 nitrogen and oxygen atoms in total. The summed E-state index contributed by atoms with van der Waals surface area (Å²) in [5, 5.41) is 0. The molecule has 0 saturated heterocycles. The van der Waals surface area contributed by atoms with E-state index < -0.39 is 0 Å². The fourth-order valence-corrected chi connectivity index (χ4v) is 4.71. The van der Waals surface area contributed by atoms with Crippen molar-refractivity contribution in [3.8, 4) is 0 Å². The third-order valence-corrected chi connectivity index (χ3v) is 5.94. The summed E-state index contributed by atoms with van der Waals surface area (Å²) in [7, 11) is 0. The number of hydrogen-bond acceptors (Lipinski definition) is 1. The fourth-order valence-electron chi connectivity index (χ4n) is 4.71. The molecule has 1 saturated carbocycles. The summed E-state index contributed by atoms with van der Waals surface area (Å²) in [6.07, 6.45) is 13.1. The summed E-state index contributed by atoms with van der Waals surface area (Å²) in [4.78, 5) is 0. The van der Waals surface area contributed by atoms with Gasteiger partial charge in [0.1, 0.15) is 0 Å². The van der Waals surface area contributed by atoms with Gasteiger partial charge in [-0.1, -0.05) is 44.0 Å². The van der Waals surface area contributed by atoms with Crippen LogP contribution in [0.15, 0.2) is 24.3 Å². The van der Waals surface area contributed by atoms with E-state index in [9.17, 15) is 0 Å². The maximum atomic E-state index is 6.81. The van der Waals surface area contributed by atoms with Crippen molar-refractivity contribution < 1.29 is 0 Å². The van der Waals surface area contributed by atoms with Crippen molar-refractivity contribution in [2.45, 2.75) is 82.6 Å². The van der Waals surface area contributed by atoms with Crippen LogP contribution in [0.3, 0.4) is 0 Å². The SMILES string of the molecule is CCCC1CCC(N)(CC2CCCc3ccccc32)CC1. The van der Waals surface area contributed by atoms with Gasteiger partial charge in [0, 0.05) is 5.54 Å². The van der Waals surface area contributed by atoms with Crippen molar-refractivity contribution in [3.05, 3.63) is 35.4 Å². The monoisotopic (exact) mass is 285 g/mol. The molecule has 0 aliphatic heterocycles. The molecular weight excluding hydrogens is 254 g/mol. The molecule has 21 heavy (non-hydrogen) atoms. The van der Waals surface area contributed by atoms with Crippen LogP contribution in [0.25, 0.3) is 0 Å². The molecule has 1 unspecified atom stereocenters. The van der Waals surface area contributed by atoms with Crippen molar-refractivity contribution in [1.29, 1.82) is 0 Å². The van der Waals surface area contributed by atoms with Gasteiger partial charge in [0.05, 0.1) is 0 Å². The second-order valence-electron chi connectivity index (χ2n) is 7.59. The zero-order chi connectivity index (χ0) is 14.7. The highest BCUT2D eigenvalue weighted by molar-refractivity contribution is 5.33. The number of benzene rings is 1. The van der Waals surface area contributed by atoms with Gasteiger partial charge in [-0.15, -0.1) is 0 Å². The van der Waals surface area contributed by atoms with Gasteiger partial charge < -0.3 is 5.73 Å². The summed E-state index contributed by atoms with van der Waals surface area (Å²) >= 11 is 0. The molecule has 1 aromatic carbocycles. The standard InChI is InChI=1S/C20H31N/c1-2-6-16-11-13-20(21,14-12-16)15-18-9-5-8-17-7-3-4-10-19(17)18/h3-4,7,10,16,18H,2,5-6,8-9,11-15,21H2,1H3. The average molecular weight is 285 g/mol. The van der Waals surface area contributed by atoms with Crippen molar-refractivity contribution in [1.82, 2.24) is 0 Å². The molecule has 1 aromatic rings. The molecule has 0 radical (unpaired) electrons. The average Bonchev–Trinajstić information content (AvgIpc) is 2.50. The van der Waals surface area contributed by atoms with E-state index in [1.165, 1.54) is 64.2 Å². The number of fused-ring (bicyclic) bond motifs is 1. The third kappa shape index (κ3) is 3.51. The Kier molecular flexibility index (Phi) is 4.69. The summed E-state index contributed by atoms with van der Waals surface area (Å²) in [6, 6.07) is 9.07. The Morgan fingerprint density at radius 2 is 1.90 bits per heavy atom. The highest BCUT2D eigenvalue weighted by Crippen LogP contribution is 2.42. The van der Waals surface area contributed by atoms with Gasteiger partial charge in [0.15, 0.2) is 0 Å². The number of aryl methyl sites for hydroxylation is 1. The number of nitrogens with two attached hydrogens (primary N) is 1. The van der Waals surface area contributed by atoms with Gasteiger partial charge in [-0.05, 0) is 74.3 Å². The molecule has 1 heteroatoms. The van der Waals surface area contributed by atoms with Gasteiger partial charge in [0.25, 0.3) is 0 Å². The molecule has 116 valence electrons. The van der Waals surface area contributed by atoms with Gasteiger partial charge in [-0.25, -0.2) is 0 Å². The van der Waals surface area contributed by atoms with Crippen molar-refractivity contribution in [3.63, 3.8) is 0 Å². The minimum atomic E-state index is 0.110. The lowest BCUT2D eigenvalue weighted by Gasteiger charge is -2.41. The molecule has 2 aliphatic carbocycles. The first-order valence-corrected chi connectivity index (χ1v) is 9.07. The Balaban J connectivity index is 1.65. The van der Waals surface area contributed by atoms with E-state index in [4.69, 9.17) is 5.73 Å². The zero-order valence-electron chi connectivity index (χ0n) is 13.6. The van der Waals surface area contributed by atoms with Crippen LogP contribution < -0.4 is 5.73 Å². The highest BCUT2D eigenvalue weighted by Gasteiger charge is 2.35. The van der Waals surface area contributed by atoms with E-state index in [2.05, 4.69) is 31.2 Å². The molecule has 1 atom stereocenters. The van der Waals surface area contributed by atoms with Crippen molar-refractivity contribution in [2.75, 3.05) is 0 Å². The summed E-state index contributed by atoms with van der Waals surface area (Å²) in [5.74, 6) is 1.66. The quantitative estimate of drug-likeness (QED) is 0.810. The maximum Gasteiger partial charge on any atom is 0.0160 e. The first-order valence-electron chi connectivity index (χ1n) is 9.07. The molecular formula is C20H31N. The highest BCUT2D eigenvalue weighted by atomic mass is 14.7. The van der Waals surface area contributed by atoms with Crippen LogP contribution in [0.4, 0.5) is 0 Å². The Morgan fingerprint density at radius 1 is 1.14 bits per heavy atom. The van der Waals surface area contributed by atoms with E-state index in [-0.39, 0.29) is 5.54 Å². The Labute approximate surface area is 130 Å². The Bertz CT molecular complexity index is 457. The van der Waals surface area contributed by atoms with Crippen LogP contribution in [0.5, 0.6) is 0 Å². The predicted octanol–water partition coefficient (Wildman–Crippen LogP) is 5.18. The smallest absolute Gasteiger partial charge is 0.0160 e. The van der Waals surface area contributed by atoms with E-state index in [0.29, 0.717) is 5.92 Å². The molecule has 3 rings (SSSR count). The largest absolute Gasteiger partial charge is 0.325 e. The molecule has 0 amide bonds. The molecule has 2 aliphatic rings. The first kappa shape index (κ1) is 15.1. The molecule has 1 fully saturated rings. The van der Waals surface area contributed by atoms with Crippen LogP contribution in [-0.2, 0) is 6.42 Å². The molecule has 0 bridgehead atoms. The minimum absolute atomic E-state index is 0.110. The van der Waals surface area contributed by atoms with Crippen molar-refractivity contribution >= 4 is 0 Å². The van der Waals surface area contributed by atoms with Crippen LogP contribution in [0.2, 0.25) is 0 Å². The van der Waals surface area contributed by atoms with Gasteiger partial charge in [0.2, 0.25) is 0 Å². The van der Waals surface area contributed by atoms with E-state index in [1.807, 2.05) is 0 Å². The van der Waals surface area contributed by atoms with Gasteiger partial charge in [-0.2, -0.15) is 0 Å². The summed E-state index contributed by atoms with van der Waals surface area (Å²) in [6.45, 7) is 2.31. The van der Waals surface area contributed by atoms with Crippen LogP contribution >= 0.6 is 0 Å². The van der Waals surface area contributed by atoms with Crippen LogP contribution in [0, 0.1) is 5.92 Å². The maximum absolute atomic E-state index is 6.81. The molecule has 0 spiro atoms. The zero-order valence-corrected chi connectivity index (χ0v) is 13.6. The lowest BCUT2D eigenvalue weighted by molar-refractivity contribution is 0.199. The number of hydrogen-bond donors (Lipinski definition) is 1. The molecule has 0 aromatic heterocycles. The minimum Gasteiger partial charge on any atom is -0.325 e. The van der Waals surface area contributed by atoms with Gasteiger partial charge in [-0.3, -0.25) is 0 Å². The predicted molar refractivity (Wildman–Crippen MR) is 90.5 cm³/mol. The lowest BCUT2D eigenvalue weighted by Crippen LogP contribution is -2.44. The normalized spacial score (nSPS) is 32.7. The van der Waals surface area contributed by atoms with Crippen molar-refractivity contribution in [2.24, 2.45) is 11.7 Å². The Morgan fingerprint density at radius 3 is 2.67 bits per heavy atom. The van der Waals surface area contributed by atoms with Crippen LogP contribution in [-0.4, -0.2) is 5.54 Å². The molecule has 0 heterocycles. The Hall–Kier alpha value is -0.820. The second kappa shape index (κ2) is 6.52. The number of rotatable bonds is 4. The fraction of sp³-hybridized carbons (Fsp3) is 0.700. The second-order valence-corrected chi connectivity index (χ2v) is 7.59. The topological polar surface area (TPSA) is 26.0 Å². The lowest BCUT2D eigenvalue weighted by atomic mass is 9.69. The summed E-state index contributed by atoms with van der Waals surface area (Å²) in [5.41, 5.74) is 10.1. The van der Waals surface area contributed by atoms with Crippen LogP contribution in [0.1, 0.15) is 81.8 Å². The third-order valence-electron chi connectivity index (χ3n) is 5.94. The first-order chi connectivity index (χ1) is 10.2. The van der Waals surface area contributed by atoms with Gasteiger partial charge >= 0.3 is 0 Å². The van der Waals surface area contributed by atoms with E-state index >= 15 is 0 Å².